The Balaban J connectivity index is 2.24. The summed E-state index contributed by atoms with van der Waals surface area (Å²) in [5.74, 6) is -3.86. The van der Waals surface area contributed by atoms with Gasteiger partial charge < -0.3 is 9.73 Å². The first-order valence-corrected chi connectivity index (χ1v) is 6.24. The standard InChI is InChI=1S/C13H14F3N3O/c1-3-4-17-7(2)12-18-19-13(20-12)8-5-9(14)11(16)10(15)6-8/h5-7,17H,3-4H2,1-2H3. The van der Waals surface area contributed by atoms with Gasteiger partial charge in [-0.15, -0.1) is 10.2 Å². The molecule has 2 aromatic rings. The van der Waals surface area contributed by atoms with Crippen molar-refractivity contribution < 1.29 is 17.6 Å². The van der Waals surface area contributed by atoms with E-state index in [4.69, 9.17) is 4.42 Å². The minimum atomic E-state index is -1.52. The van der Waals surface area contributed by atoms with Gasteiger partial charge in [-0.25, -0.2) is 13.2 Å². The Bertz CT molecular complexity index is 577. The predicted octanol–water partition coefficient (Wildman–Crippen LogP) is 3.21. The van der Waals surface area contributed by atoms with Crippen molar-refractivity contribution in [2.45, 2.75) is 26.3 Å². The molecule has 1 aromatic carbocycles. The molecule has 108 valence electrons. The zero-order chi connectivity index (χ0) is 14.7. The summed E-state index contributed by atoms with van der Waals surface area (Å²) in [4.78, 5) is 0. The second-order valence-corrected chi connectivity index (χ2v) is 4.38. The highest BCUT2D eigenvalue weighted by molar-refractivity contribution is 5.52. The Kier molecular flexibility index (Phi) is 4.39. The Morgan fingerprint density at radius 2 is 1.85 bits per heavy atom. The van der Waals surface area contributed by atoms with Crippen LogP contribution in [-0.4, -0.2) is 16.7 Å². The van der Waals surface area contributed by atoms with Crippen LogP contribution in [0.3, 0.4) is 0 Å². The van der Waals surface area contributed by atoms with Gasteiger partial charge in [0.05, 0.1) is 6.04 Å². The minimum Gasteiger partial charge on any atom is -0.419 e. The van der Waals surface area contributed by atoms with Crippen LogP contribution in [0.2, 0.25) is 0 Å². The zero-order valence-corrected chi connectivity index (χ0v) is 11.1. The molecule has 0 saturated carbocycles. The minimum absolute atomic E-state index is 0.00263. The number of aromatic nitrogens is 2. The summed E-state index contributed by atoms with van der Waals surface area (Å²) in [7, 11) is 0. The average molecular weight is 285 g/mol. The van der Waals surface area contributed by atoms with E-state index in [9.17, 15) is 13.2 Å². The highest BCUT2D eigenvalue weighted by Crippen LogP contribution is 2.24. The van der Waals surface area contributed by atoms with E-state index in [1.54, 1.807) is 0 Å². The molecule has 0 spiro atoms. The van der Waals surface area contributed by atoms with Gasteiger partial charge in [0.15, 0.2) is 17.5 Å². The molecule has 0 radical (unpaired) electrons. The van der Waals surface area contributed by atoms with E-state index in [0.717, 1.165) is 25.1 Å². The second-order valence-electron chi connectivity index (χ2n) is 4.38. The van der Waals surface area contributed by atoms with E-state index in [0.29, 0.717) is 5.89 Å². The number of nitrogens with zero attached hydrogens (tertiary/aromatic N) is 2. The SMILES string of the molecule is CCCNC(C)c1nnc(-c2cc(F)c(F)c(F)c2)o1. The fourth-order valence-corrected chi connectivity index (χ4v) is 1.65. The molecule has 1 aromatic heterocycles. The zero-order valence-electron chi connectivity index (χ0n) is 11.1. The molecule has 1 heterocycles. The van der Waals surface area contributed by atoms with Crippen LogP contribution in [0.1, 0.15) is 32.2 Å². The summed E-state index contributed by atoms with van der Waals surface area (Å²) in [6, 6.07) is 1.46. The number of rotatable bonds is 5. The van der Waals surface area contributed by atoms with Crippen LogP contribution >= 0.6 is 0 Å². The average Bonchev–Trinajstić information content (AvgIpc) is 2.91. The lowest BCUT2D eigenvalue weighted by atomic mass is 10.2. The molecule has 0 aliphatic heterocycles. The van der Waals surface area contributed by atoms with Crippen LogP contribution < -0.4 is 5.32 Å². The van der Waals surface area contributed by atoms with E-state index in [1.807, 2.05) is 13.8 Å². The molecule has 0 bridgehead atoms. The largest absolute Gasteiger partial charge is 0.419 e. The maximum atomic E-state index is 13.1. The van der Waals surface area contributed by atoms with Crippen LogP contribution in [0.15, 0.2) is 16.5 Å². The summed E-state index contributed by atoms with van der Waals surface area (Å²) >= 11 is 0. The third-order valence-corrected chi connectivity index (χ3v) is 2.74. The van der Waals surface area contributed by atoms with Crippen LogP contribution in [0.4, 0.5) is 13.2 Å². The van der Waals surface area contributed by atoms with Crippen LogP contribution in [-0.2, 0) is 0 Å². The number of hydrogen-bond donors (Lipinski definition) is 1. The lowest BCUT2D eigenvalue weighted by Gasteiger charge is -2.07. The van der Waals surface area contributed by atoms with Crippen molar-refractivity contribution in [3.8, 4) is 11.5 Å². The summed E-state index contributed by atoms with van der Waals surface area (Å²) in [6.45, 7) is 4.63. The molecule has 20 heavy (non-hydrogen) atoms. The third kappa shape index (κ3) is 2.98. The Labute approximate surface area is 114 Å². The summed E-state index contributed by atoms with van der Waals surface area (Å²) in [5.41, 5.74) is 0.00263. The third-order valence-electron chi connectivity index (χ3n) is 2.74. The topological polar surface area (TPSA) is 51.0 Å². The van der Waals surface area contributed by atoms with Crippen molar-refractivity contribution in [1.29, 1.82) is 0 Å². The van der Waals surface area contributed by atoms with Gasteiger partial charge in [-0.05, 0) is 32.0 Å². The molecule has 4 nitrogen and oxygen atoms in total. The van der Waals surface area contributed by atoms with Gasteiger partial charge in [-0.1, -0.05) is 6.92 Å². The molecule has 1 unspecified atom stereocenters. The van der Waals surface area contributed by atoms with Crippen molar-refractivity contribution in [3.05, 3.63) is 35.5 Å². The highest BCUT2D eigenvalue weighted by atomic mass is 19.2. The summed E-state index contributed by atoms with van der Waals surface area (Å²) in [5, 5.41) is 10.7. The summed E-state index contributed by atoms with van der Waals surface area (Å²) < 4.78 is 44.5. The van der Waals surface area contributed by atoms with Crippen molar-refractivity contribution in [2.24, 2.45) is 0 Å². The quantitative estimate of drug-likeness (QED) is 0.857. The smallest absolute Gasteiger partial charge is 0.248 e. The first kappa shape index (κ1) is 14.5. The Hall–Kier alpha value is -1.89. The molecular weight excluding hydrogens is 271 g/mol. The van der Waals surface area contributed by atoms with E-state index in [-0.39, 0.29) is 17.5 Å². The molecule has 0 saturated heterocycles. The van der Waals surface area contributed by atoms with Gasteiger partial charge in [0.25, 0.3) is 0 Å². The van der Waals surface area contributed by atoms with Crippen LogP contribution in [0.25, 0.3) is 11.5 Å². The molecule has 0 fully saturated rings. The maximum absolute atomic E-state index is 13.1. The van der Waals surface area contributed by atoms with Crippen LogP contribution in [0, 0.1) is 17.5 Å². The van der Waals surface area contributed by atoms with Gasteiger partial charge in [-0.2, -0.15) is 0 Å². The Morgan fingerprint density at radius 3 is 2.45 bits per heavy atom. The lowest BCUT2D eigenvalue weighted by Crippen LogP contribution is -2.19. The molecule has 1 N–H and O–H groups in total. The van der Waals surface area contributed by atoms with E-state index < -0.39 is 17.5 Å². The molecule has 7 heteroatoms. The van der Waals surface area contributed by atoms with E-state index >= 15 is 0 Å². The van der Waals surface area contributed by atoms with Crippen molar-refractivity contribution in [3.63, 3.8) is 0 Å². The Morgan fingerprint density at radius 1 is 1.20 bits per heavy atom. The highest BCUT2D eigenvalue weighted by Gasteiger charge is 2.17. The van der Waals surface area contributed by atoms with E-state index in [1.165, 1.54) is 0 Å². The molecule has 0 amide bonds. The predicted molar refractivity (Wildman–Crippen MR) is 66.3 cm³/mol. The normalized spacial score (nSPS) is 12.7. The molecule has 2 rings (SSSR count). The first-order valence-electron chi connectivity index (χ1n) is 6.24. The van der Waals surface area contributed by atoms with Crippen molar-refractivity contribution >= 4 is 0 Å². The van der Waals surface area contributed by atoms with Gasteiger partial charge in [0.2, 0.25) is 11.8 Å². The van der Waals surface area contributed by atoms with Crippen molar-refractivity contribution in [1.82, 2.24) is 15.5 Å². The van der Waals surface area contributed by atoms with E-state index in [2.05, 4.69) is 15.5 Å². The number of hydrogen-bond acceptors (Lipinski definition) is 4. The number of halogens is 3. The molecule has 0 aliphatic rings. The molecular formula is C13H14F3N3O. The second kappa shape index (κ2) is 6.04. The van der Waals surface area contributed by atoms with Crippen LogP contribution in [0.5, 0.6) is 0 Å². The maximum Gasteiger partial charge on any atom is 0.248 e. The van der Waals surface area contributed by atoms with Gasteiger partial charge in [0, 0.05) is 5.56 Å². The summed E-state index contributed by atoms with van der Waals surface area (Å²) in [6.07, 6.45) is 0.944. The fourth-order valence-electron chi connectivity index (χ4n) is 1.65. The molecule has 1 atom stereocenters. The van der Waals surface area contributed by atoms with Crippen molar-refractivity contribution in [2.75, 3.05) is 6.54 Å². The van der Waals surface area contributed by atoms with Gasteiger partial charge in [0.1, 0.15) is 0 Å². The van der Waals surface area contributed by atoms with Gasteiger partial charge >= 0.3 is 0 Å². The molecule has 0 aliphatic carbocycles. The lowest BCUT2D eigenvalue weighted by molar-refractivity contribution is 0.421. The number of nitrogens with one attached hydrogen (secondary N) is 1. The monoisotopic (exact) mass is 285 g/mol. The first-order chi connectivity index (χ1) is 9.52. The number of benzene rings is 1. The van der Waals surface area contributed by atoms with Gasteiger partial charge in [-0.3, -0.25) is 0 Å². The fraction of sp³-hybridized carbons (Fsp3) is 0.385.